The highest BCUT2D eigenvalue weighted by atomic mass is 15.1. The molecule has 1 aromatic heterocycles. The van der Waals surface area contributed by atoms with Crippen molar-refractivity contribution in [2.24, 2.45) is 0 Å². The summed E-state index contributed by atoms with van der Waals surface area (Å²) in [5, 5.41) is 0. The third kappa shape index (κ3) is 2.63. The number of aromatic nitrogens is 2. The molecule has 1 heterocycles. The molecule has 3 nitrogen and oxygen atoms in total. The molecular weight excluding hydrogens is 138 g/mol. The molecule has 0 saturated carbocycles. The lowest BCUT2D eigenvalue weighted by Gasteiger charge is -2.07. The maximum absolute atomic E-state index is 4.09. The van der Waals surface area contributed by atoms with Crippen molar-refractivity contribution in [3.63, 3.8) is 0 Å². The SMILES string of the molecule is Cc1ncc(CN(C)C)cn1. The first-order chi connectivity index (χ1) is 5.18. The van der Waals surface area contributed by atoms with Gasteiger partial charge in [0.25, 0.3) is 0 Å². The summed E-state index contributed by atoms with van der Waals surface area (Å²) in [6.45, 7) is 2.79. The van der Waals surface area contributed by atoms with Crippen molar-refractivity contribution >= 4 is 0 Å². The maximum Gasteiger partial charge on any atom is 0.125 e. The van der Waals surface area contributed by atoms with Gasteiger partial charge in [0.2, 0.25) is 0 Å². The second kappa shape index (κ2) is 3.44. The third-order valence-electron chi connectivity index (χ3n) is 1.33. The van der Waals surface area contributed by atoms with Gasteiger partial charge in [0.15, 0.2) is 0 Å². The third-order valence-corrected chi connectivity index (χ3v) is 1.33. The molecule has 60 valence electrons. The molecule has 0 aliphatic rings. The molecule has 11 heavy (non-hydrogen) atoms. The average molecular weight is 151 g/mol. The molecular formula is C8H13N3. The summed E-state index contributed by atoms with van der Waals surface area (Å²) in [5.74, 6) is 0.826. The van der Waals surface area contributed by atoms with Gasteiger partial charge in [0, 0.05) is 24.5 Å². The Morgan fingerprint density at radius 1 is 1.27 bits per heavy atom. The van der Waals surface area contributed by atoms with Gasteiger partial charge in [-0.05, 0) is 21.0 Å². The van der Waals surface area contributed by atoms with Crippen LogP contribution in [-0.2, 0) is 6.54 Å². The highest BCUT2D eigenvalue weighted by molar-refractivity contribution is 5.03. The van der Waals surface area contributed by atoms with E-state index in [-0.39, 0.29) is 0 Å². The Kier molecular flexibility index (Phi) is 2.54. The summed E-state index contributed by atoms with van der Waals surface area (Å²) in [6, 6.07) is 0. The Morgan fingerprint density at radius 3 is 2.27 bits per heavy atom. The largest absolute Gasteiger partial charge is 0.305 e. The summed E-state index contributed by atoms with van der Waals surface area (Å²) in [4.78, 5) is 10.3. The predicted molar refractivity (Wildman–Crippen MR) is 44.2 cm³/mol. The van der Waals surface area contributed by atoms with Gasteiger partial charge in [-0.25, -0.2) is 9.97 Å². The van der Waals surface area contributed by atoms with Crippen LogP contribution >= 0.6 is 0 Å². The van der Waals surface area contributed by atoms with Crippen LogP contribution in [0, 0.1) is 6.92 Å². The zero-order valence-electron chi connectivity index (χ0n) is 7.20. The monoisotopic (exact) mass is 151 g/mol. The van der Waals surface area contributed by atoms with Gasteiger partial charge >= 0.3 is 0 Å². The second-order valence-electron chi connectivity index (χ2n) is 2.88. The second-order valence-corrected chi connectivity index (χ2v) is 2.88. The lowest BCUT2D eigenvalue weighted by Crippen LogP contribution is -2.11. The van der Waals surface area contributed by atoms with E-state index in [9.17, 15) is 0 Å². The smallest absolute Gasteiger partial charge is 0.125 e. The summed E-state index contributed by atoms with van der Waals surface area (Å²) in [5.41, 5.74) is 1.15. The lowest BCUT2D eigenvalue weighted by atomic mass is 10.3. The van der Waals surface area contributed by atoms with Crippen LogP contribution in [0.15, 0.2) is 12.4 Å². The molecule has 1 aromatic rings. The first-order valence-corrected chi connectivity index (χ1v) is 3.61. The molecule has 0 aromatic carbocycles. The topological polar surface area (TPSA) is 29.0 Å². The molecule has 0 saturated heterocycles. The van der Waals surface area contributed by atoms with E-state index in [1.54, 1.807) is 0 Å². The van der Waals surface area contributed by atoms with E-state index in [2.05, 4.69) is 14.9 Å². The molecule has 0 amide bonds. The standard InChI is InChI=1S/C8H13N3/c1-7-9-4-8(5-10-7)6-11(2)3/h4-5H,6H2,1-3H3. The van der Waals surface area contributed by atoms with Crippen LogP contribution in [0.25, 0.3) is 0 Å². The fraction of sp³-hybridized carbons (Fsp3) is 0.500. The van der Waals surface area contributed by atoms with Crippen molar-refractivity contribution in [3.05, 3.63) is 23.8 Å². The van der Waals surface area contributed by atoms with Crippen LogP contribution in [0.4, 0.5) is 0 Å². The Labute approximate surface area is 67.1 Å². The van der Waals surface area contributed by atoms with Crippen LogP contribution in [-0.4, -0.2) is 29.0 Å². The molecule has 0 N–H and O–H groups in total. The van der Waals surface area contributed by atoms with Gasteiger partial charge < -0.3 is 4.90 Å². The first kappa shape index (κ1) is 8.14. The van der Waals surface area contributed by atoms with Crippen molar-refractivity contribution < 1.29 is 0 Å². The van der Waals surface area contributed by atoms with Gasteiger partial charge in [-0.15, -0.1) is 0 Å². The van der Waals surface area contributed by atoms with Gasteiger partial charge in [0.05, 0.1) is 0 Å². The summed E-state index contributed by atoms with van der Waals surface area (Å²) < 4.78 is 0. The molecule has 0 spiro atoms. The molecule has 1 rings (SSSR count). The van der Waals surface area contributed by atoms with E-state index >= 15 is 0 Å². The van der Waals surface area contributed by atoms with Crippen LogP contribution in [0.1, 0.15) is 11.4 Å². The minimum atomic E-state index is 0.826. The summed E-state index contributed by atoms with van der Waals surface area (Å²) in [7, 11) is 4.06. The Morgan fingerprint density at radius 2 is 1.82 bits per heavy atom. The van der Waals surface area contributed by atoms with Crippen molar-refractivity contribution in [1.29, 1.82) is 0 Å². The van der Waals surface area contributed by atoms with Gasteiger partial charge in [-0.2, -0.15) is 0 Å². The van der Waals surface area contributed by atoms with E-state index in [0.717, 1.165) is 17.9 Å². The van der Waals surface area contributed by atoms with Crippen molar-refractivity contribution in [1.82, 2.24) is 14.9 Å². The Balaban J connectivity index is 2.66. The highest BCUT2D eigenvalue weighted by Gasteiger charge is 1.94. The van der Waals surface area contributed by atoms with Crippen LogP contribution < -0.4 is 0 Å². The average Bonchev–Trinajstić information content (AvgIpc) is 1.93. The number of aryl methyl sites for hydroxylation is 1. The Bertz CT molecular complexity index is 215. The maximum atomic E-state index is 4.09. The van der Waals surface area contributed by atoms with Gasteiger partial charge in [-0.3, -0.25) is 0 Å². The summed E-state index contributed by atoms with van der Waals surface area (Å²) in [6.07, 6.45) is 3.73. The number of hydrogen-bond donors (Lipinski definition) is 0. The van der Waals surface area contributed by atoms with Crippen LogP contribution in [0.5, 0.6) is 0 Å². The molecule has 0 radical (unpaired) electrons. The zero-order valence-corrected chi connectivity index (χ0v) is 7.20. The van der Waals surface area contributed by atoms with E-state index in [1.807, 2.05) is 33.4 Å². The van der Waals surface area contributed by atoms with Crippen molar-refractivity contribution in [2.75, 3.05) is 14.1 Å². The van der Waals surface area contributed by atoms with E-state index in [0.29, 0.717) is 0 Å². The van der Waals surface area contributed by atoms with E-state index < -0.39 is 0 Å². The van der Waals surface area contributed by atoms with Crippen molar-refractivity contribution in [3.8, 4) is 0 Å². The normalized spacial score (nSPS) is 10.5. The fourth-order valence-electron chi connectivity index (χ4n) is 0.866. The van der Waals surface area contributed by atoms with Gasteiger partial charge in [0.1, 0.15) is 5.82 Å². The molecule has 0 atom stereocenters. The predicted octanol–water partition coefficient (Wildman–Crippen LogP) is 0.847. The molecule has 0 fully saturated rings. The zero-order chi connectivity index (χ0) is 8.27. The molecule has 0 bridgehead atoms. The van der Waals surface area contributed by atoms with Crippen molar-refractivity contribution in [2.45, 2.75) is 13.5 Å². The first-order valence-electron chi connectivity index (χ1n) is 3.61. The fourth-order valence-corrected chi connectivity index (χ4v) is 0.866. The number of rotatable bonds is 2. The minimum Gasteiger partial charge on any atom is -0.305 e. The number of nitrogens with zero attached hydrogens (tertiary/aromatic N) is 3. The molecule has 3 heteroatoms. The molecule has 0 aliphatic heterocycles. The minimum absolute atomic E-state index is 0.826. The quantitative estimate of drug-likeness (QED) is 0.627. The molecule has 0 aliphatic carbocycles. The molecule has 0 unspecified atom stereocenters. The summed E-state index contributed by atoms with van der Waals surface area (Å²) >= 11 is 0. The number of hydrogen-bond acceptors (Lipinski definition) is 3. The van der Waals surface area contributed by atoms with E-state index in [1.165, 1.54) is 0 Å². The highest BCUT2D eigenvalue weighted by Crippen LogP contribution is 1.97. The Hall–Kier alpha value is -0.960. The van der Waals surface area contributed by atoms with Crippen LogP contribution in [0.3, 0.4) is 0 Å². The van der Waals surface area contributed by atoms with E-state index in [4.69, 9.17) is 0 Å². The lowest BCUT2D eigenvalue weighted by molar-refractivity contribution is 0.401. The van der Waals surface area contributed by atoms with Gasteiger partial charge in [-0.1, -0.05) is 0 Å². The van der Waals surface area contributed by atoms with Crippen LogP contribution in [0.2, 0.25) is 0 Å².